The molecule has 0 radical (unpaired) electrons. The number of thiophene rings is 1. The Hall–Kier alpha value is -2.27. The van der Waals surface area contributed by atoms with Crippen LogP contribution in [0.15, 0.2) is 29.8 Å². The van der Waals surface area contributed by atoms with E-state index in [9.17, 15) is 8.78 Å². The van der Waals surface area contributed by atoms with Crippen LogP contribution in [0.4, 0.5) is 8.78 Å². The Morgan fingerprint density at radius 3 is 2.80 bits per heavy atom. The van der Waals surface area contributed by atoms with Gasteiger partial charge in [0.2, 0.25) is 5.88 Å². The fourth-order valence-corrected chi connectivity index (χ4v) is 6.05. The van der Waals surface area contributed by atoms with E-state index in [4.69, 9.17) is 21.1 Å². The van der Waals surface area contributed by atoms with Gasteiger partial charge in [-0.3, -0.25) is 0 Å². The maximum absolute atomic E-state index is 14.4. The first-order chi connectivity index (χ1) is 16.8. The molecular formula is C24H27ClF2N4O2SSi. The predicted molar refractivity (Wildman–Crippen MR) is 138 cm³/mol. The Morgan fingerprint density at radius 1 is 1.26 bits per heavy atom. The highest BCUT2D eigenvalue weighted by atomic mass is 35.5. The molecule has 0 atom stereocenters. The maximum Gasteiger partial charge on any atom is 0.282 e. The van der Waals surface area contributed by atoms with Gasteiger partial charge in [-0.05, 0) is 29.6 Å². The van der Waals surface area contributed by atoms with Crippen LogP contribution in [0.5, 0.6) is 5.88 Å². The molecule has 0 N–H and O–H groups in total. The van der Waals surface area contributed by atoms with Crippen LogP contribution in [0.1, 0.15) is 18.5 Å². The van der Waals surface area contributed by atoms with Crippen LogP contribution in [0.3, 0.4) is 0 Å². The Labute approximate surface area is 212 Å². The van der Waals surface area contributed by atoms with Crippen molar-refractivity contribution in [1.29, 1.82) is 0 Å². The van der Waals surface area contributed by atoms with Gasteiger partial charge in [-0.25, -0.2) is 18.4 Å². The van der Waals surface area contributed by atoms with Gasteiger partial charge in [-0.1, -0.05) is 31.2 Å². The first kappa shape index (κ1) is 24.4. The van der Waals surface area contributed by atoms with Crippen LogP contribution in [-0.4, -0.2) is 40.6 Å². The van der Waals surface area contributed by atoms with E-state index in [1.807, 2.05) is 28.1 Å². The van der Waals surface area contributed by atoms with Crippen molar-refractivity contribution < 1.29 is 18.3 Å². The number of aromatic nitrogens is 4. The summed E-state index contributed by atoms with van der Waals surface area (Å²) in [5.74, 6) is 0.352. The molecule has 0 aromatic carbocycles. The van der Waals surface area contributed by atoms with Gasteiger partial charge in [0.05, 0.1) is 17.9 Å². The largest absolute Gasteiger partial charge is 0.477 e. The van der Waals surface area contributed by atoms with Crippen molar-refractivity contribution in [2.24, 2.45) is 0 Å². The van der Waals surface area contributed by atoms with E-state index in [1.54, 1.807) is 10.9 Å². The molecule has 5 rings (SSSR count). The van der Waals surface area contributed by atoms with E-state index >= 15 is 0 Å². The highest BCUT2D eigenvalue weighted by Gasteiger charge is 2.34. The summed E-state index contributed by atoms with van der Waals surface area (Å²) in [4.78, 5) is 4.62. The van der Waals surface area contributed by atoms with Crippen LogP contribution < -0.4 is 4.74 Å². The molecule has 4 aromatic rings. The fraction of sp³-hybridized carbons (Fsp3) is 0.417. The van der Waals surface area contributed by atoms with Crippen molar-refractivity contribution in [2.75, 3.05) is 13.2 Å². The quantitative estimate of drug-likeness (QED) is 0.175. The number of halogens is 3. The monoisotopic (exact) mass is 536 g/mol. The molecule has 0 fully saturated rings. The lowest BCUT2D eigenvalue weighted by atomic mass is 10.0. The number of ether oxygens (including phenoxy) is 2. The van der Waals surface area contributed by atoms with E-state index in [0.717, 1.165) is 22.6 Å². The van der Waals surface area contributed by atoms with E-state index in [-0.39, 0.29) is 18.0 Å². The summed E-state index contributed by atoms with van der Waals surface area (Å²) in [6, 6.07) is 6.68. The lowest BCUT2D eigenvalue weighted by molar-refractivity contribution is 0.0908. The van der Waals surface area contributed by atoms with Crippen LogP contribution >= 0.6 is 22.9 Å². The van der Waals surface area contributed by atoms with Crippen molar-refractivity contribution in [3.63, 3.8) is 0 Å². The molecule has 1 aliphatic rings. The van der Waals surface area contributed by atoms with Crippen molar-refractivity contribution in [2.45, 2.75) is 51.8 Å². The zero-order valence-electron chi connectivity index (χ0n) is 19.9. The average molecular weight is 537 g/mol. The smallest absolute Gasteiger partial charge is 0.282 e. The first-order valence-corrected chi connectivity index (χ1v) is 16.5. The second kappa shape index (κ2) is 9.65. The minimum absolute atomic E-state index is 0.169. The molecular weight excluding hydrogens is 510 g/mol. The molecule has 0 unspecified atom stereocenters. The summed E-state index contributed by atoms with van der Waals surface area (Å²) < 4.78 is 44.8. The molecule has 1 aliphatic heterocycles. The third kappa shape index (κ3) is 4.64. The molecule has 0 amide bonds. The zero-order chi connectivity index (χ0) is 24.7. The number of alkyl halides is 2. The molecule has 186 valence electrons. The Morgan fingerprint density at radius 2 is 2.09 bits per heavy atom. The summed E-state index contributed by atoms with van der Waals surface area (Å²) in [5, 5.41) is 6.96. The Bertz CT molecular complexity index is 1360. The van der Waals surface area contributed by atoms with Gasteiger partial charge in [0, 0.05) is 50.4 Å². The molecule has 5 heterocycles. The number of nitrogens with zero attached hydrogens (tertiary/aromatic N) is 4. The number of fused-ring (bicyclic) bond motifs is 2. The minimum atomic E-state index is -2.77. The van der Waals surface area contributed by atoms with Gasteiger partial charge in [0.15, 0.2) is 0 Å². The fourth-order valence-electron chi connectivity index (χ4n) is 4.36. The average Bonchev–Trinajstić information content (AvgIpc) is 3.49. The summed E-state index contributed by atoms with van der Waals surface area (Å²) in [5.41, 5.74) is 2.67. The molecule has 4 aromatic heterocycles. The van der Waals surface area contributed by atoms with Crippen molar-refractivity contribution in [1.82, 2.24) is 19.3 Å². The molecule has 6 nitrogen and oxygen atoms in total. The van der Waals surface area contributed by atoms with E-state index in [2.05, 4.69) is 29.7 Å². The first-order valence-electron chi connectivity index (χ1n) is 11.6. The lowest BCUT2D eigenvalue weighted by Gasteiger charge is -2.19. The van der Waals surface area contributed by atoms with Crippen LogP contribution in [0, 0.1) is 0 Å². The molecule has 0 aliphatic carbocycles. The Balaban J connectivity index is 1.77. The molecule has 0 bridgehead atoms. The SMILES string of the molecule is C[Si](C)(C)CCOCn1c(-c2c(C(F)F)nn3c2OCCC3)c(-c2ccsc2Cl)c2cccnc21. The van der Waals surface area contributed by atoms with Gasteiger partial charge < -0.3 is 14.0 Å². The van der Waals surface area contributed by atoms with Gasteiger partial charge in [0.25, 0.3) is 6.43 Å². The topological polar surface area (TPSA) is 54.1 Å². The third-order valence-electron chi connectivity index (χ3n) is 6.05. The molecule has 0 saturated heterocycles. The standard InChI is InChI=1S/C24H27ClF2N4O2SSi/c1-35(2,3)13-11-32-14-30-20(18-19(22(26)27)29-31-9-5-10-33-24(18)31)17(15-7-12-34-21(15)25)16-6-4-8-28-23(16)30/h4,6-8,12,22H,5,9-11,13-14H2,1-3H3. The summed E-state index contributed by atoms with van der Waals surface area (Å²) in [7, 11) is -1.30. The number of pyridine rings is 1. The summed E-state index contributed by atoms with van der Waals surface area (Å²) >= 11 is 8.00. The van der Waals surface area contributed by atoms with E-state index < -0.39 is 14.5 Å². The van der Waals surface area contributed by atoms with Gasteiger partial charge in [0.1, 0.15) is 22.4 Å². The van der Waals surface area contributed by atoms with Gasteiger partial charge in [-0.15, -0.1) is 11.3 Å². The molecule has 0 spiro atoms. The van der Waals surface area contributed by atoms with Gasteiger partial charge >= 0.3 is 0 Å². The van der Waals surface area contributed by atoms with E-state index in [0.29, 0.717) is 47.7 Å². The number of hydrogen-bond donors (Lipinski definition) is 0. The predicted octanol–water partition coefficient (Wildman–Crippen LogP) is 7.31. The number of aryl methyl sites for hydroxylation is 1. The Kier molecular flexibility index (Phi) is 6.73. The van der Waals surface area contributed by atoms with Crippen molar-refractivity contribution >= 4 is 42.0 Å². The van der Waals surface area contributed by atoms with Gasteiger partial charge in [-0.2, -0.15) is 5.10 Å². The van der Waals surface area contributed by atoms with Crippen LogP contribution in [-0.2, 0) is 18.0 Å². The molecule has 0 saturated carbocycles. The number of hydrogen-bond acceptors (Lipinski definition) is 5. The maximum atomic E-state index is 14.4. The van der Waals surface area contributed by atoms with E-state index in [1.165, 1.54) is 11.3 Å². The third-order valence-corrected chi connectivity index (χ3v) is 8.93. The zero-order valence-corrected chi connectivity index (χ0v) is 22.4. The summed E-state index contributed by atoms with van der Waals surface area (Å²) in [6.45, 7) is 8.59. The highest BCUT2D eigenvalue weighted by Crippen LogP contribution is 2.49. The normalized spacial score (nSPS) is 14.0. The molecule has 35 heavy (non-hydrogen) atoms. The highest BCUT2D eigenvalue weighted by molar-refractivity contribution is 7.15. The molecule has 11 heteroatoms. The summed E-state index contributed by atoms with van der Waals surface area (Å²) in [6.07, 6.45) is -0.365. The second-order valence-corrected chi connectivity index (χ2v) is 16.9. The van der Waals surface area contributed by atoms with Crippen LogP contribution in [0.25, 0.3) is 33.4 Å². The van der Waals surface area contributed by atoms with Crippen molar-refractivity contribution in [3.05, 3.63) is 39.8 Å². The minimum Gasteiger partial charge on any atom is -0.477 e. The van der Waals surface area contributed by atoms with Crippen molar-refractivity contribution in [3.8, 4) is 28.3 Å². The number of rotatable bonds is 8. The second-order valence-electron chi connectivity index (χ2n) is 9.77. The lowest BCUT2D eigenvalue weighted by Crippen LogP contribution is -2.22. The van der Waals surface area contributed by atoms with Crippen LogP contribution in [0.2, 0.25) is 30.0 Å².